The molecule has 1 aromatic carbocycles. The summed E-state index contributed by atoms with van der Waals surface area (Å²) >= 11 is 0. The third-order valence-corrected chi connectivity index (χ3v) is 2.46. The summed E-state index contributed by atoms with van der Waals surface area (Å²) in [7, 11) is 1.58. The zero-order valence-electron chi connectivity index (χ0n) is 9.66. The molecule has 0 unspecified atom stereocenters. The summed E-state index contributed by atoms with van der Waals surface area (Å²) in [5.74, 6) is 0.0922. The lowest BCUT2D eigenvalue weighted by atomic mass is 10.0. The van der Waals surface area contributed by atoms with Crippen molar-refractivity contribution in [3.8, 4) is 5.75 Å². The van der Waals surface area contributed by atoms with Gasteiger partial charge in [0.2, 0.25) is 6.29 Å². The average Bonchev–Trinajstić information content (AvgIpc) is 2.29. The van der Waals surface area contributed by atoms with Crippen LogP contribution < -0.4 is 10.1 Å². The van der Waals surface area contributed by atoms with Crippen molar-refractivity contribution >= 4 is 12.2 Å². The fourth-order valence-electron chi connectivity index (χ4n) is 1.40. The first kappa shape index (κ1) is 12.2. The molecule has 16 heavy (non-hydrogen) atoms. The molecule has 4 nitrogen and oxygen atoms in total. The summed E-state index contributed by atoms with van der Waals surface area (Å²) in [6, 6.07) is 3.86. The van der Waals surface area contributed by atoms with Crippen molar-refractivity contribution in [3.05, 3.63) is 28.8 Å². The Labute approximate surface area is 94.6 Å². The van der Waals surface area contributed by atoms with Crippen LogP contribution in [-0.2, 0) is 16.1 Å². The molecule has 0 fully saturated rings. The van der Waals surface area contributed by atoms with Crippen molar-refractivity contribution in [1.82, 2.24) is 5.32 Å². The maximum Gasteiger partial charge on any atom is 0.284 e. The summed E-state index contributed by atoms with van der Waals surface area (Å²) in [5, 5.41) is 2.48. The van der Waals surface area contributed by atoms with Crippen molar-refractivity contribution in [1.29, 1.82) is 0 Å². The Morgan fingerprint density at radius 1 is 1.38 bits per heavy atom. The standard InChI is InChI=1S/C12H15NO3/c1-8-4-10(6-13-12(15)7-14)11(16-3)5-9(8)2/h4-5,7H,6H2,1-3H3,(H,13,15). The number of hydrogen-bond acceptors (Lipinski definition) is 3. The summed E-state index contributed by atoms with van der Waals surface area (Å²) < 4.78 is 5.21. The van der Waals surface area contributed by atoms with E-state index in [0.717, 1.165) is 16.7 Å². The summed E-state index contributed by atoms with van der Waals surface area (Å²) in [4.78, 5) is 21.0. The minimum Gasteiger partial charge on any atom is -0.496 e. The summed E-state index contributed by atoms with van der Waals surface area (Å²) in [5.41, 5.74) is 3.11. The lowest BCUT2D eigenvalue weighted by Crippen LogP contribution is -2.23. The number of benzene rings is 1. The Bertz CT molecular complexity index is 413. The van der Waals surface area contributed by atoms with Gasteiger partial charge in [0, 0.05) is 12.1 Å². The van der Waals surface area contributed by atoms with Gasteiger partial charge in [-0.05, 0) is 31.0 Å². The lowest BCUT2D eigenvalue weighted by Gasteiger charge is -2.11. The normalized spacial score (nSPS) is 9.69. The molecule has 0 aliphatic carbocycles. The third kappa shape index (κ3) is 2.82. The van der Waals surface area contributed by atoms with E-state index >= 15 is 0 Å². The van der Waals surface area contributed by atoms with E-state index in [9.17, 15) is 9.59 Å². The molecule has 0 aliphatic rings. The van der Waals surface area contributed by atoms with Crippen LogP contribution in [0.3, 0.4) is 0 Å². The molecule has 0 heterocycles. The number of hydrogen-bond donors (Lipinski definition) is 1. The van der Waals surface area contributed by atoms with E-state index in [1.54, 1.807) is 7.11 Å². The maximum atomic E-state index is 10.8. The molecule has 0 aliphatic heterocycles. The molecule has 4 heteroatoms. The molecule has 0 saturated carbocycles. The molecule has 1 N–H and O–H groups in total. The van der Waals surface area contributed by atoms with E-state index in [2.05, 4.69) is 5.32 Å². The van der Waals surface area contributed by atoms with Crippen LogP contribution in [0.1, 0.15) is 16.7 Å². The van der Waals surface area contributed by atoms with Gasteiger partial charge in [0.25, 0.3) is 5.91 Å². The molecule has 0 atom stereocenters. The number of carbonyl (C=O) groups is 2. The van der Waals surface area contributed by atoms with Gasteiger partial charge in [-0.15, -0.1) is 0 Å². The van der Waals surface area contributed by atoms with Gasteiger partial charge in [-0.2, -0.15) is 0 Å². The summed E-state index contributed by atoms with van der Waals surface area (Å²) in [6.07, 6.45) is 0.257. The van der Waals surface area contributed by atoms with Crippen LogP contribution in [0, 0.1) is 13.8 Å². The number of nitrogens with one attached hydrogen (secondary N) is 1. The fraction of sp³-hybridized carbons (Fsp3) is 0.333. The number of amides is 1. The first-order chi connectivity index (χ1) is 7.58. The van der Waals surface area contributed by atoms with Crippen molar-refractivity contribution in [2.45, 2.75) is 20.4 Å². The minimum absolute atomic E-state index is 0.257. The second kappa shape index (κ2) is 5.30. The highest BCUT2D eigenvalue weighted by atomic mass is 16.5. The quantitative estimate of drug-likeness (QED) is 0.612. The minimum atomic E-state index is -0.625. The third-order valence-electron chi connectivity index (χ3n) is 2.46. The smallest absolute Gasteiger partial charge is 0.284 e. The topological polar surface area (TPSA) is 55.4 Å². The molecule has 0 radical (unpaired) electrons. The van der Waals surface area contributed by atoms with Crippen LogP contribution in [0.5, 0.6) is 5.75 Å². The Hall–Kier alpha value is -1.84. The molecule has 1 rings (SSSR count). The van der Waals surface area contributed by atoms with E-state index in [4.69, 9.17) is 4.74 Å². The van der Waals surface area contributed by atoms with Crippen molar-refractivity contribution in [3.63, 3.8) is 0 Å². The molecule has 86 valence electrons. The second-order valence-corrected chi connectivity index (χ2v) is 3.58. The highest BCUT2D eigenvalue weighted by Crippen LogP contribution is 2.22. The molecule has 1 aromatic rings. The SMILES string of the molecule is COc1cc(C)c(C)cc1CNC(=O)C=O. The average molecular weight is 221 g/mol. The van der Waals surface area contributed by atoms with Gasteiger partial charge in [0.1, 0.15) is 5.75 Å². The number of aldehydes is 1. The van der Waals surface area contributed by atoms with E-state index in [-0.39, 0.29) is 6.29 Å². The molecular weight excluding hydrogens is 206 g/mol. The number of carbonyl (C=O) groups excluding carboxylic acids is 2. The predicted molar refractivity (Wildman–Crippen MR) is 60.4 cm³/mol. The Balaban J connectivity index is 2.89. The van der Waals surface area contributed by atoms with Crippen LogP contribution >= 0.6 is 0 Å². The van der Waals surface area contributed by atoms with E-state index < -0.39 is 5.91 Å². The van der Waals surface area contributed by atoms with E-state index in [1.807, 2.05) is 26.0 Å². The largest absolute Gasteiger partial charge is 0.496 e. The highest BCUT2D eigenvalue weighted by Gasteiger charge is 2.07. The van der Waals surface area contributed by atoms with Gasteiger partial charge in [0.15, 0.2) is 0 Å². The first-order valence-corrected chi connectivity index (χ1v) is 4.95. The number of methoxy groups -OCH3 is 1. The van der Waals surface area contributed by atoms with Crippen LogP contribution in [0.25, 0.3) is 0 Å². The van der Waals surface area contributed by atoms with Gasteiger partial charge in [-0.3, -0.25) is 9.59 Å². The van der Waals surface area contributed by atoms with Gasteiger partial charge >= 0.3 is 0 Å². The number of ether oxygens (including phenoxy) is 1. The second-order valence-electron chi connectivity index (χ2n) is 3.58. The molecule has 0 saturated heterocycles. The monoisotopic (exact) mass is 221 g/mol. The van der Waals surface area contributed by atoms with Gasteiger partial charge in [0.05, 0.1) is 7.11 Å². The maximum absolute atomic E-state index is 10.8. The Morgan fingerprint density at radius 2 is 2.00 bits per heavy atom. The van der Waals surface area contributed by atoms with Crippen molar-refractivity contribution < 1.29 is 14.3 Å². The van der Waals surface area contributed by atoms with Gasteiger partial charge in [-0.25, -0.2) is 0 Å². The molecule has 0 bridgehead atoms. The number of rotatable bonds is 4. The molecule has 1 amide bonds. The van der Waals surface area contributed by atoms with Gasteiger partial charge in [-0.1, -0.05) is 6.07 Å². The van der Waals surface area contributed by atoms with E-state index in [0.29, 0.717) is 12.3 Å². The molecular formula is C12H15NO3. The zero-order chi connectivity index (χ0) is 12.1. The van der Waals surface area contributed by atoms with Crippen molar-refractivity contribution in [2.24, 2.45) is 0 Å². The summed E-state index contributed by atoms with van der Waals surface area (Å²) in [6.45, 7) is 4.27. The first-order valence-electron chi connectivity index (χ1n) is 4.95. The van der Waals surface area contributed by atoms with Crippen LogP contribution in [0.15, 0.2) is 12.1 Å². The predicted octanol–water partition coefficient (Wildman–Crippen LogP) is 1.13. The molecule has 0 spiro atoms. The number of aryl methyl sites for hydroxylation is 2. The Kier molecular flexibility index (Phi) is 4.05. The Morgan fingerprint density at radius 3 is 2.56 bits per heavy atom. The van der Waals surface area contributed by atoms with Crippen molar-refractivity contribution in [2.75, 3.05) is 7.11 Å². The highest BCUT2D eigenvalue weighted by molar-refractivity contribution is 6.23. The zero-order valence-corrected chi connectivity index (χ0v) is 9.66. The van der Waals surface area contributed by atoms with Crippen LogP contribution in [0.4, 0.5) is 0 Å². The van der Waals surface area contributed by atoms with Crippen LogP contribution in [-0.4, -0.2) is 19.3 Å². The van der Waals surface area contributed by atoms with E-state index in [1.165, 1.54) is 0 Å². The van der Waals surface area contributed by atoms with Crippen LogP contribution in [0.2, 0.25) is 0 Å². The molecule has 0 aromatic heterocycles. The van der Waals surface area contributed by atoms with Gasteiger partial charge < -0.3 is 10.1 Å². The fourth-order valence-corrected chi connectivity index (χ4v) is 1.40. The lowest BCUT2D eigenvalue weighted by molar-refractivity contribution is -0.131.